The molecular formula is C28H34N6O7. The van der Waals surface area contributed by atoms with Gasteiger partial charge in [-0.2, -0.15) is 0 Å². The molecule has 1 heterocycles. The van der Waals surface area contributed by atoms with Crippen molar-refractivity contribution in [1.29, 1.82) is 0 Å². The van der Waals surface area contributed by atoms with Crippen LogP contribution in [0, 0.1) is 0 Å². The molecule has 4 atom stereocenters. The summed E-state index contributed by atoms with van der Waals surface area (Å²) in [6, 6.07) is 8.59. The van der Waals surface area contributed by atoms with E-state index in [0.717, 1.165) is 10.9 Å². The minimum atomic E-state index is -1.25. The van der Waals surface area contributed by atoms with Gasteiger partial charge in [0.15, 0.2) is 0 Å². The molecular weight excluding hydrogens is 532 g/mol. The summed E-state index contributed by atoms with van der Waals surface area (Å²) in [6.07, 6.45) is 1.54. The zero-order valence-corrected chi connectivity index (χ0v) is 22.4. The molecule has 13 nitrogen and oxygen atoms in total. The van der Waals surface area contributed by atoms with Crippen molar-refractivity contribution in [1.82, 2.24) is 20.9 Å². The number of carboxylic acid groups (broad SMARTS) is 1. The number of aromatic nitrogens is 1. The Balaban J connectivity index is 1.86. The molecule has 218 valence electrons. The van der Waals surface area contributed by atoms with E-state index in [1.807, 2.05) is 24.3 Å². The van der Waals surface area contributed by atoms with Crippen LogP contribution in [0.25, 0.3) is 10.9 Å². The van der Waals surface area contributed by atoms with Gasteiger partial charge in [-0.1, -0.05) is 30.3 Å². The van der Waals surface area contributed by atoms with Gasteiger partial charge in [-0.05, 0) is 42.7 Å². The average Bonchev–Trinajstić information content (AvgIpc) is 3.34. The highest BCUT2D eigenvalue weighted by atomic mass is 16.4. The molecule has 0 fully saturated rings. The molecule has 2 aromatic carbocycles. The van der Waals surface area contributed by atoms with Gasteiger partial charge in [0.2, 0.25) is 23.6 Å². The van der Waals surface area contributed by atoms with Crippen LogP contribution in [-0.2, 0) is 36.8 Å². The van der Waals surface area contributed by atoms with Crippen LogP contribution in [0.2, 0.25) is 0 Å². The number of para-hydroxylation sites is 1. The van der Waals surface area contributed by atoms with Crippen molar-refractivity contribution in [2.45, 2.75) is 56.8 Å². The molecule has 13 heteroatoms. The predicted octanol–water partition coefficient (Wildman–Crippen LogP) is -0.190. The lowest BCUT2D eigenvalue weighted by molar-refractivity contribution is -0.141. The Kier molecular flexibility index (Phi) is 10.4. The molecule has 0 saturated carbocycles. The lowest BCUT2D eigenvalue weighted by Crippen LogP contribution is -2.58. The molecule has 41 heavy (non-hydrogen) atoms. The van der Waals surface area contributed by atoms with Gasteiger partial charge >= 0.3 is 5.97 Å². The number of benzene rings is 2. The van der Waals surface area contributed by atoms with Gasteiger partial charge in [0.05, 0.1) is 6.04 Å². The number of aliphatic carboxylic acids is 1. The number of amides is 4. The van der Waals surface area contributed by atoms with Crippen LogP contribution in [-0.4, -0.2) is 69.0 Å². The third-order valence-electron chi connectivity index (χ3n) is 6.51. The van der Waals surface area contributed by atoms with E-state index in [1.54, 1.807) is 18.3 Å². The Morgan fingerprint density at radius 2 is 1.49 bits per heavy atom. The molecule has 4 amide bonds. The number of carboxylic acids is 1. The number of carbonyl (C=O) groups excluding carboxylic acids is 4. The summed E-state index contributed by atoms with van der Waals surface area (Å²) in [7, 11) is 0. The van der Waals surface area contributed by atoms with E-state index in [9.17, 15) is 34.2 Å². The SMILES string of the molecule is CC(NC(=O)C(Cc1c[nH]c2ccccc12)NC(=O)C(Cc1ccc(O)cc1)NC(=O)C(N)CCC(N)=O)C(=O)O. The van der Waals surface area contributed by atoms with Gasteiger partial charge in [0, 0.05) is 36.4 Å². The number of rotatable bonds is 14. The third-order valence-corrected chi connectivity index (χ3v) is 6.51. The fourth-order valence-corrected chi connectivity index (χ4v) is 4.16. The summed E-state index contributed by atoms with van der Waals surface area (Å²) in [5, 5.41) is 27.3. The number of H-pyrrole nitrogens is 1. The minimum absolute atomic E-state index is 0.00951. The lowest BCUT2D eigenvalue weighted by Gasteiger charge is -2.25. The van der Waals surface area contributed by atoms with Crippen molar-refractivity contribution in [2.24, 2.45) is 11.5 Å². The van der Waals surface area contributed by atoms with Gasteiger partial charge in [-0.15, -0.1) is 0 Å². The van der Waals surface area contributed by atoms with Gasteiger partial charge < -0.3 is 42.6 Å². The van der Waals surface area contributed by atoms with Crippen molar-refractivity contribution < 1.29 is 34.2 Å². The molecule has 1 aromatic heterocycles. The normalized spacial score (nSPS) is 13.9. The predicted molar refractivity (Wildman–Crippen MR) is 149 cm³/mol. The first-order chi connectivity index (χ1) is 19.4. The van der Waals surface area contributed by atoms with Crippen molar-refractivity contribution in [3.8, 4) is 5.75 Å². The monoisotopic (exact) mass is 566 g/mol. The minimum Gasteiger partial charge on any atom is -0.508 e. The molecule has 3 rings (SSSR count). The third kappa shape index (κ3) is 8.80. The number of fused-ring (bicyclic) bond motifs is 1. The van der Waals surface area contributed by atoms with Gasteiger partial charge in [-0.25, -0.2) is 0 Å². The van der Waals surface area contributed by atoms with E-state index in [-0.39, 0.29) is 31.4 Å². The number of aromatic amines is 1. The number of hydrogen-bond acceptors (Lipinski definition) is 7. The highest BCUT2D eigenvalue weighted by Crippen LogP contribution is 2.19. The molecule has 10 N–H and O–H groups in total. The van der Waals surface area contributed by atoms with Crippen molar-refractivity contribution >= 4 is 40.5 Å². The lowest BCUT2D eigenvalue weighted by atomic mass is 10.0. The first-order valence-corrected chi connectivity index (χ1v) is 12.9. The van der Waals surface area contributed by atoms with E-state index >= 15 is 0 Å². The molecule has 0 bridgehead atoms. The van der Waals surface area contributed by atoms with E-state index < -0.39 is 53.8 Å². The van der Waals surface area contributed by atoms with Crippen LogP contribution in [0.1, 0.15) is 30.9 Å². The number of nitrogens with two attached hydrogens (primary N) is 2. The molecule has 0 saturated heterocycles. The van der Waals surface area contributed by atoms with Gasteiger partial charge in [0.25, 0.3) is 0 Å². The molecule has 0 radical (unpaired) electrons. The molecule has 4 unspecified atom stereocenters. The summed E-state index contributed by atoms with van der Waals surface area (Å²) in [5.41, 5.74) is 13.1. The van der Waals surface area contributed by atoms with Crippen LogP contribution >= 0.6 is 0 Å². The number of hydrogen-bond donors (Lipinski definition) is 8. The van der Waals surface area contributed by atoms with Gasteiger partial charge in [0.1, 0.15) is 23.9 Å². The van der Waals surface area contributed by atoms with Crippen LogP contribution in [0.15, 0.2) is 54.7 Å². The quantitative estimate of drug-likeness (QED) is 0.130. The first-order valence-electron chi connectivity index (χ1n) is 12.9. The number of aromatic hydroxyl groups is 1. The zero-order chi connectivity index (χ0) is 30.1. The highest BCUT2D eigenvalue weighted by molar-refractivity contribution is 5.95. The Bertz CT molecular complexity index is 1400. The second kappa shape index (κ2) is 13.9. The molecule has 0 aliphatic carbocycles. The second-order valence-electron chi connectivity index (χ2n) is 9.74. The zero-order valence-electron chi connectivity index (χ0n) is 22.4. The van der Waals surface area contributed by atoms with Crippen LogP contribution in [0.5, 0.6) is 5.75 Å². The Hall–Kier alpha value is -4.91. The summed E-state index contributed by atoms with van der Waals surface area (Å²) in [4.78, 5) is 65.1. The standard InChI is InChI=1S/C28H34N6O7/c1-15(28(40)41)32-26(38)23(13-17-14-31-21-5-3-2-4-19(17)21)34-27(39)22(12-16-6-8-18(35)9-7-16)33-25(37)20(29)10-11-24(30)36/h2-9,14-15,20,22-23,31,35H,10-13,29H2,1H3,(H2,30,36)(H,32,38)(H,33,37)(H,34,39)(H,40,41). The Labute approximate surface area is 235 Å². The number of nitrogens with one attached hydrogen (secondary N) is 4. The Morgan fingerprint density at radius 1 is 0.878 bits per heavy atom. The highest BCUT2D eigenvalue weighted by Gasteiger charge is 2.30. The maximum Gasteiger partial charge on any atom is 0.325 e. The first kappa shape index (κ1) is 30.6. The van der Waals surface area contributed by atoms with E-state index in [2.05, 4.69) is 20.9 Å². The summed E-state index contributed by atoms with van der Waals surface area (Å²) in [5.74, 6) is -4.04. The van der Waals surface area contributed by atoms with Crippen LogP contribution < -0.4 is 27.4 Å². The van der Waals surface area contributed by atoms with Crippen molar-refractivity contribution in [3.63, 3.8) is 0 Å². The van der Waals surface area contributed by atoms with Crippen molar-refractivity contribution in [3.05, 3.63) is 65.9 Å². The van der Waals surface area contributed by atoms with E-state index in [4.69, 9.17) is 11.5 Å². The van der Waals surface area contributed by atoms with Gasteiger partial charge in [-0.3, -0.25) is 24.0 Å². The molecule has 0 aliphatic heterocycles. The van der Waals surface area contributed by atoms with E-state index in [1.165, 1.54) is 19.1 Å². The molecule has 0 spiro atoms. The topological polar surface area (TPSA) is 230 Å². The number of carbonyl (C=O) groups is 5. The van der Waals surface area contributed by atoms with Crippen molar-refractivity contribution in [2.75, 3.05) is 0 Å². The van der Waals surface area contributed by atoms with Crippen LogP contribution in [0.3, 0.4) is 0 Å². The fraction of sp³-hybridized carbons (Fsp3) is 0.321. The van der Waals surface area contributed by atoms with E-state index in [0.29, 0.717) is 11.1 Å². The maximum absolute atomic E-state index is 13.6. The van der Waals surface area contributed by atoms with Crippen LogP contribution in [0.4, 0.5) is 0 Å². The largest absolute Gasteiger partial charge is 0.508 e. The second-order valence-corrected chi connectivity index (χ2v) is 9.74. The molecule has 0 aliphatic rings. The average molecular weight is 567 g/mol. The fourth-order valence-electron chi connectivity index (χ4n) is 4.16. The number of phenolic OH excluding ortho intramolecular Hbond substituents is 1. The maximum atomic E-state index is 13.6. The smallest absolute Gasteiger partial charge is 0.325 e. The molecule has 3 aromatic rings. The Morgan fingerprint density at radius 3 is 2.15 bits per heavy atom. The number of primary amides is 1. The summed E-state index contributed by atoms with van der Waals surface area (Å²) < 4.78 is 0. The summed E-state index contributed by atoms with van der Waals surface area (Å²) in [6.45, 7) is 1.30. The summed E-state index contributed by atoms with van der Waals surface area (Å²) >= 11 is 0. The number of phenols is 1.